The molecule has 1 aromatic rings. The predicted octanol–water partition coefficient (Wildman–Crippen LogP) is 6.04. The number of hydrogen-bond acceptors (Lipinski definition) is 1. The lowest BCUT2D eigenvalue weighted by Crippen LogP contribution is -1.98. The van der Waals surface area contributed by atoms with Crippen LogP contribution < -0.4 is 0 Å². The zero-order valence-corrected chi connectivity index (χ0v) is 13.0. The average molecular weight is 257 g/mol. The van der Waals surface area contributed by atoms with Crippen molar-refractivity contribution in [1.82, 2.24) is 0 Å². The Hall–Kier alpha value is -1.37. The molecule has 1 heteroatoms. The normalized spacial score (nSPS) is 13.2. The van der Waals surface area contributed by atoms with Crippen LogP contribution in [0.1, 0.15) is 65.4 Å². The summed E-state index contributed by atoms with van der Waals surface area (Å²) >= 11 is 0. The van der Waals surface area contributed by atoms with Gasteiger partial charge in [-0.2, -0.15) is 0 Å². The molecule has 0 atom stereocenters. The van der Waals surface area contributed by atoms with Gasteiger partial charge in [-0.3, -0.25) is 4.99 Å². The molecule has 0 aliphatic carbocycles. The van der Waals surface area contributed by atoms with Crippen LogP contribution in [0.4, 0.5) is 5.69 Å². The van der Waals surface area contributed by atoms with Gasteiger partial charge in [0.05, 0.1) is 5.69 Å². The topological polar surface area (TPSA) is 12.4 Å². The lowest BCUT2D eigenvalue weighted by molar-refractivity contribution is 0.866. The van der Waals surface area contributed by atoms with Gasteiger partial charge in [-0.15, -0.1) is 0 Å². The number of rotatable bonds is 6. The standard InChI is InChI=1S/C18H27N/c1-6-10-16(11-7-2)15(5)19-18-13-9-8-12-17(18)14(3)4/h8-10,12-14H,6-7,11H2,1-5H3/b16-10+,19-15+. The van der Waals surface area contributed by atoms with E-state index in [0.717, 1.165) is 24.2 Å². The van der Waals surface area contributed by atoms with Gasteiger partial charge < -0.3 is 0 Å². The van der Waals surface area contributed by atoms with Crippen molar-refractivity contribution in [1.29, 1.82) is 0 Å². The highest BCUT2D eigenvalue weighted by atomic mass is 14.7. The second-order valence-corrected chi connectivity index (χ2v) is 5.30. The number of benzene rings is 1. The van der Waals surface area contributed by atoms with E-state index in [1.165, 1.54) is 17.6 Å². The molecular formula is C18H27N. The van der Waals surface area contributed by atoms with E-state index in [1.807, 2.05) is 0 Å². The summed E-state index contributed by atoms with van der Waals surface area (Å²) < 4.78 is 0. The molecule has 0 spiro atoms. The molecule has 1 rings (SSSR count). The van der Waals surface area contributed by atoms with E-state index in [4.69, 9.17) is 4.99 Å². The quantitative estimate of drug-likeness (QED) is 0.551. The maximum atomic E-state index is 4.87. The lowest BCUT2D eigenvalue weighted by Gasteiger charge is -2.11. The highest BCUT2D eigenvalue weighted by Gasteiger charge is 2.06. The number of allylic oxidation sites excluding steroid dienone is 2. The maximum absolute atomic E-state index is 4.87. The summed E-state index contributed by atoms with van der Waals surface area (Å²) in [7, 11) is 0. The fraction of sp³-hybridized carbons (Fsp3) is 0.500. The molecule has 0 fully saturated rings. The molecule has 0 N–H and O–H groups in total. The summed E-state index contributed by atoms with van der Waals surface area (Å²) in [6, 6.07) is 8.47. The molecule has 0 amide bonds. The molecule has 0 aliphatic heterocycles. The Labute approximate surface area is 118 Å². The second kappa shape index (κ2) is 7.93. The van der Waals surface area contributed by atoms with E-state index >= 15 is 0 Å². The Kier molecular flexibility index (Phi) is 6.55. The van der Waals surface area contributed by atoms with Gasteiger partial charge in [0.15, 0.2) is 0 Å². The lowest BCUT2D eigenvalue weighted by atomic mass is 10.0. The van der Waals surface area contributed by atoms with Gasteiger partial charge in [0, 0.05) is 5.71 Å². The van der Waals surface area contributed by atoms with Gasteiger partial charge in [0.1, 0.15) is 0 Å². The number of aliphatic imine (C=N–C) groups is 1. The third kappa shape index (κ3) is 4.66. The van der Waals surface area contributed by atoms with Crippen molar-refractivity contribution in [2.75, 3.05) is 0 Å². The second-order valence-electron chi connectivity index (χ2n) is 5.30. The van der Waals surface area contributed by atoms with Crippen LogP contribution in [0.2, 0.25) is 0 Å². The SMILES string of the molecule is CC/C=C(CCC)/C(C)=N/c1ccccc1C(C)C. The van der Waals surface area contributed by atoms with Crippen LogP contribution in [0.3, 0.4) is 0 Å². The van der Waals surface area contributed by atoms with Crippen LogP contribution in [0, 0.1) is 0 Å². The van der Waals surface area contributed by atoms with Crippen molar-refractivity contribution in [3.05, 3.63) is 41.5 Å². The molecule has 0 saturated heterocycles. The first-order valence-electron chi connectivity index (χ1n) is 7.43. The van der Waals surface area contributed by atoms with Gasteiger partial charge >= 0.3 is 0 Å². The van der Waals surface area contributed by atoms with E-state index in [1.54, 1.807) is 0 Å². The maximum Gasteiger partial charge on any atom is 0.0667 e. The molecule has 0 bridgehead atoms. The first kappa shape index (κ1) is 15.7. The van der Waals surface area contributed by atoms with Gasteiger partial charge in [-0.1, -0.05) is 58.4 Å². The zero-order valence-electron chi connectivity index (χ0n) is 13.0. The van der Waals surface area contributed by atoms with Crippen LogP contribution >= 0.6 is 0 Å². The minimum atomic E-state index is 0.512. The molecule has 0 aliphatic rings. The van der Waals surface area contributed by atoms with Gasteiger partial charge in [0.25, 0.3) is 0 Å². The van der Waals surface area contributed by atoms with Gasteiger partial charge in [-0.05, 0) is 42.9 Å². The van der Waals surface area contributed by atoms with Gasteiger partial charge in [-0.25, -0.2) is 0 Å². The molecule has 19 heavy (non-hydrogen) atoms. The summed E-state index contributed by atoms with van der Waals surface area (Å²) in [4.78, 5) is 4.87. The number of para-hydroxylation sites is 1. The molecule has 0 saturated carbocycles. The molecule has 0 radical (unpaired) electrons. The van der Waals surface area contributed by atoms with Crippen molar-refractivity contribution >= 4 is 11.4 Å². The monoisotopic (exact) mass is 257 g/mol. The van der Waals surface area contributed by atoms with Crippen molar-refractivity contribution < 1.29 is 0 Å². The largest absolute Gasteiger partial charge is 0.253 e. The minimum Gasteiger partial charge on any atom is -0.253 e. The molecule has 0 aromatic heterocycles. The summed E-state index contributed by atoms with van der Waals surface area (Å²) in [5.74, 6) is 0.512. The Morgan fingerprint density at radius 2 is 1.89 bits per heavy atom. The summed E-state index contributed by atoms with van der Waals surface area (Å²) in [6.07, 6.45) is 5.67. The van der Waals surface area contributed by atoms with E-state index < -0.39 is 0 Å². The van der Waals surface area contributed by atoms with Crippen molar-refractivity contribution in [2.45, 2.75) is 59.8 Å². The van der Waals surface area contributed by atoms with E-state index in [-0.39, 0.29) is 0 Å². The number of nitrogens with zero attached hydrogens (tertiary/aromatic N) is 1. The molecule has 1 aromatic carbocycles. The molecular weight excluding hydrogens is 230 g/mol. The first-order chi connectivity index (χ1) is 9.10. The molecule has 1 nitrogen and oxygen atoms in total. The predicted molar refractivity (Wildman–Crippen MR) is 86.6 cm³/mol. The van der Waals surface area contributed by atoms with Gasteiger partial charge in [0.2, 0.25) is 0 Å². The number of hydrogen-bond donors (Lipinski definition) is 0. The van der Waals surface area contributed by atoms with Crippen LogP contribution in [0.15, 0.2) is 40.9 Å². The Morgan fingerprint density at radius 3 is 2.47 bits per heavy atom. The summed E-state index contributed by atoms with van der Waals surface area (Å²) in [6.45, 7) is 11.0. The van der Waals surface area contributed by atoms with E-state index in [2.05, 4.69) is 65.0 Å². The Bertz CT molecular complexity index is 453. The third-order valence-electron chi connectivity index (χ3n) is 3.28. The van der Waals surface area contributed by atoms with E-state index in [9.17, 15) is 0 Å². The minimum absolute atomic E-state index is 0.512. The summed E-state index contributed by atoms with van der Waals surface area (Å²) in [5.41, 5.74) is 5.00. The Morgan fingerprint density at radius 1 is 1.21 bits per heavy atom. The zero-order chi connectivity index (χ0) is 14.3. The van der Waals surface area contributed by atoms with Crippen molar-refractivity contribution in [3.63, 3.8) is 0 Å². The first-order valence-corrected chi connectivity index (χ1v) is 7.43. The fourth-order valence-electron chi connectivity index (χ4n) is 2.28. The van der Waals surface area contributed by atoms with Crippen LogP contribution in [-0.2, 0) is 0 Å². The molecule has 104 valence electrons. The highest BCUT2D eigenvalue weighted by Crippen LogP contribution is 2.27. The Balaban J connectivity index is 3.10. The summed E-state index contributed by atoms with van der Waals surface area (Å²) in [5, 5.41) is 0. The van der Waals surface area contributed by atoms with Crippen molar-refractivity contribution in [3.8, 4) is 0 Å². The smallest absolute Gasteiger partial charge is 0.0667 e. The van der Waals surface area contributed by atoms with Crippen LogP contribution in [-0.4, -0.2) is 5.71 Å². The molecule has 0 heterocycles. The average Bonchev–Trinajstić information content (AvgIpc) is 2.38. The molecule has 0 unspecified atom stereocenters. The fourth-order valence-corrected chi connectivity index (χ4v) is 2.28. The van der Waals surface area contributed by atoms with Crippen molar-refractivity contribution in [2.24, 2.45) is 4.99 Å². The van der Waals surface area contributed by atoms with Crippen LogP contribution in [0.25, 0.3) is 0 Å². The van der Waals surface area contributed by atoms with Crippen LogP contribution in [0.5, 0.6) is 0 Å². The highest BCUT2D eigenvalue weighted by molar-refractivity contribution is 5.99. The van der Waals surface area contributed by atoms with E-state index in [0.29, 0.717) is 5.92 Å². The third-order valence-corrected chi connectivity index (χ3v) is 3.28.